The van der Waals surface area contributed by atoms with Gasteiger partial charge in [-0.1, -0.05) is 0 Å². The number of nitrogens with zero attached hydrogens (tertiary/aromatic N) is 1. The Bertz CT molecular complexity index is 172. The van der Waals surface area contributed by atoms with E-state index in [0.29, 0.717) is 6.54 Å². The molecule has 14 heavy (non-hydrogen) atoms. The summed E-state index contributed by atoms with van der Waals surface area (Å²) >= 11 is 1.56. The maximum atomic E-state index is 11.4. The lowest BCUT2D eigenvalue weighted by atomic mass is 10.2. The normalized spacial score (nSPS) is 15.3. The molecule has 4 nitrogen and oxygen atoms in total. The van der Waals surface area contributed by atoms with Gasteiger partial charge in [-0.05, 0) is 27.3 Å². The molecule has 1 amide bonds. The fourth-order valence-corrected chi connectivity index (χ4v) is 1.74. The predicted molar refractivity (Wildman–Crippen MR) is 60.5 cm³/mol. The van der Waals surface area contributed by atoms with Crippen LogP contribution in [0, 0.1) is 0 Å². The molecule has 0 rings (SSSR count). The van der Waals surface area contributed by atoms with Crippen molar-refractivity contribution in [2.75, 3.05) is 33.5 Å². The molecule has 2 atom stereocenters. The second kappa shape index (κ2) is 7.09. The molecule has 0 spiro atoms. The average molecular weight is 220 g/mol. The van der Waals surface area contributed by atoms with Crippen LogP contribution in [0.5, 0.6) is 0 Å². The fraction of sp³-hybridized carbons (Fsp3) is 0.889. The summed E-state index contributed by atoms with van der Waals surface area (Å²) in [7, 11) is 3.70. The van der Waals surface area contributed by atoms with Crippen LogP contribution in [0.25, 0.3) is 0 Å². The number of aliphatic hydroxyl groups is 1. The summed E-state index contributed by atoms with van der Waals surface area (Å²) in [6.07, 6.45) is 1.93. The molecule has 0 saturated carbocycles. The third-order valence-corrected chi connectivity index (χ3v) is 3.05. The molecule has 0 aliphatic carbocycles. The van der Waals surface area contributed by atoms with Crippen LogP contribution in [0.15, 0.2) is 0 Å². The molecule has 2 unspecified atom stereocenters. The molecule has 0 aliphatic heterocycles. The number of amides is 1. The monoisotopic (exact) mass is 220 g/mol. The summed E-state index contributed by atoms with van der Waals surface area (Å²) in [5.41, 5.74) is 0. The number of nitrogens with one attached hydrogen (secondary N) is 1. The van der Waals surface area contributed by atoms with Crippen molar-refractivity contribution in [2.45, 2.75) is 18.2 Å². The lowest BCUT2D eigenvalue weighted by molar-refractivity contribution is -0.122. The van der Waals surface area contributed by atoms with Crippen LogP contribution in [-0.2, 0) is 4.79 Å². The summed E-state index contributed by atoms with van der Waals surface area (Å²) in [5, 5.41) is 11.9. The Labute approximate surface area is 90.0 Å². The maximum Gasteiger partial charge on any atom is 0.234 e. The molecule has 2 N–H and O–H groups in total. The van der Waals surface area contributed by atoms with Crippen LogP contribution in [0.3, 0.4) is 0 Å². The van der Waals surface area contributed by atoms with E-state index in [0.717, 1.165) is 0 Å². The van der Waals surface area contributed by atoms with Gasteiger partial charge < -0.3 is 15.3 Å². The maximum absolute atomic E-state index is 11.4. The summed E-state index contributed by atoms with van der Waals surface area (Å²) in [5.74, 6) is -0.00463. The van der Waals surface area contributed by atoms with Gasteiger partial charge in [-0.3, -0.25) is 4.79 Å². The van der Waals surface area contributed by atoms with E-state index in [1.807, 2.05) is 32.2 Å². The van der Waals surface area contributed by atoms with Gasteiger partial charge >= 0.3 is 0 Å². The molecular formula is C9H20N2O2S. The molecule has 0 fully saturated rings. The molecule has 5 heteroatoms. The Balaban J connectivity index is 3.91. The zero-order chi connectivity index (χ0) is 11.1. The van der Waals surface area contributed by atoms with Gasteiger partial charge in [-0.15, -0.1) is 0 Å². The Morgan fingerprint density at radius 3 is 2.50 bits per heavy atom. The first kappa shape index (κ1) is 13.7. The summed E-state index contributed by atoms with van der Waals surface area (Å²) in [6.45, 7) is 2.38. The minimum Gasteiger partial charge on any atom is -0.395 e. The van der Waals surface area contributed by atoms with Gasteiger partial charge in [0, 0.05) is 11.3 Å². The van der Waals surface area contributed by atoms with Gasteiger partial charge in [0.1, 0.15) is 0 Å². The van der Waals surface area contributed by atoms with E-state index in [2.05, 4.69) is 5.32 Å². The largest absolute Gasteiger partial charge is 0.395 e. The van der Waals surface area contributed by atoms with Crippen LogP contribution in [0.2, 0.25) is 0 Å². The number of aliphatic hydroxyl groups excluding tert-OH is 1. The molecule has 0 bridgehead atoms. The van der Waals surface area contributed by atoms with Crippen molar-refractivity contribution >= 4 is 17.7 Å². The van der Waals surface area contributed by atoms with Crippen molar-refractivity contribution in [3.63, 3.8) is 0 Å². The second-order valence-corrected chi connectivity index (χ2v) is 4.63. The highest BCUT2D eigenvalue weighted by Crippen LogP contribution is 2.09. The van der Waals surface area contributed by atoms with Gasteiger partial charge in [0.05, 0.1) is 13.2 Å². The zero-order valence-electron chi connectivity index (χ0n) is 9.28. The Morgan fingerprint density at radius 1 is 1.57 bits per heavy atom. The van der Waals surface area contributed by atoms with Gasteiger partial charge in [0.25, 0.3) is 0 Å². The third kappa shape index (κ3) is 5.47. The van der Waals surface area contributed by atoms with E-state index in [-0.39, 0.29) is 23.8 Å². The lowest BCUT2D eigenvalue weighted by Gasteiger charge is -2.22. The van der Waals surface area contributed by atoms with E-state index >= 15 is 0 Å². The molecular weight excluding hydrogens is 200 g/mol. The quantitative estimate of drug-likeness (QED) is 0.649. The van der Waals surface area contributed by atoms with E-state index in [1.165, 1.54) is 0 Å². The number of carbonyl (C=O) groups is 1. The van der Waals surface area contributed by atoms with E-state index < -0.39 is 0 Å². The molecule has 0 aromatic heterocycles. The highest BCUT2D eigenvalue weighted by molar-refractivity contribution is 7.99. The predicted octanol–water partition coefficient (Wildman–Crippen LogP) is -0.223. The smallest absolute Gasteiger partial charge is 0.234 e. The molecule has 0 radical (unpaired) electrons. The summed E-state index contributed by atoms with van der Waals surface area (Å²) < 4.78 is 0. The Hall–Kier alpha value is -0.260. The first-order chi connectivity index (χ1) is 6.51. The van der Waals surface area contributed by atoms with Crippen LogP contribution >= 0.6 is 11.8 Å². The molecule has 0 aromatic rings. The number of hydrogen-bond acceptors (Lipinski definition) is 4. The fourth-order valence-electron chi connectivity index (χ4n) is 1.12. The SMILES string of the molecule is CSC(CO)C(C)NC(=O)CN(C)C. The average Bonchev–Trinajstić information content (AvgIpc) is 2.04. The van der Waals surface area contributed by atoms with Gasteiger partial charge in [-0.2, -0.15) is 11.8 Å². The molecule has 84 valence electrons. The number of likely N-dealkylation sites (N-methyl/N-ethyl adjacent to an activating group) is 1. The third-order valence-electron chi connectivity index (χ3n) is 1.89. The molecule has 0 aromatic carbocycles. The van der Waals surface area contributed by atoms with E-state index in [1.54, 1.807) is 11.8 Å². The highest BCUT2D eigenvalue weighted by Gasteiger charge is 2.17. The number of thioether (sulfide) groups is 1. The van der Waals surface area contributed by atoms with Crippen LogP contribution in [0.1, 0.15) is 6.92 Å². The van der Waals surface area contributed by atoms with Crippen molar-refractivity contribution in [3.8, 4) is 0 Å². The number of carbonyl (C=O) groups excluding carboxylic acids is 1. The van der Waals surface area contributed by atoms with Gasteiger partial charge in [0.2, 0.25) is 5.91 Å². The second-order valence-electron chi connectivity index (χ2n) is 3.55. The van der Waals surface area contributed by atoms with Gasteiger partial charge in [0.15, 0.2) is 0 Å². The number of hydrogen-bond donors (Lipinski definition) is 2. The van der Waals surface area contributed by atoms with Crippen molar-refractivity contribution in [2.24, 2.45) is 0 Å². The first-order valence-corrected chi connectivity index (χ1v) is 5.87. The topological polar surface area (TPSA) is 52.6 Å². The standard InChI is InChI=1S/C9H20N2O2S/c1-7(8(6-12)14-4)10-9(13)5-11(2)3/h7-8,12H,5-6H2,1-4H3,(H,10,13). The van der Waals surface area contributed by atoms with Crippen molar-refractivity contribution in [1.29, 1.82) is 0 Å². The summed E-state index contributed by atoms with van der Waals surface area (Å²) in [6, 6.07) is 0.00227. The lowest BCUT2D eigenvalue weighted by Crippen LogP contribution is -2.44. The number of rotatable bonds is 6. The van der Waals surface area contributed by atoms with Crippen molar-refractivity contribution < 1.29 is 9.90 Å². The van der Waals surface area contributed by atoms with Crippen LogP contribution in [0.4, 0.5) is 0 Å². The van der Waals surface area contributed by atoms with Crippen LogP contribution < -0.4 is 5.32 Å². The molecule has 0 saturated heterocycles. The Kier molecular flexibility index (Phi) is 6.96. The minimum atomic E-state index is -0.00463. The minimum absolute atomic E-state index is 0.00227. The van der Waals surface area contributed by atoms with Crippen molar-refractivity contribution in [1.82, 2.24) is 10.2 Å². The zero-order valence-corrected chi connectivity index (χ0v) is 10.1. The van der Waals surface area contributed by atoms with Crippen LogP contribution in [-0.4, -0.2) is 60.7 Å². The van der Waals surface area contributed by atoms with Gasteiger partial charge in [-0.25, -0.2) is 0 Å². The first-order valence-electron chi connectivity index (χ1n) is 4.59. The highest BCUT2D eigenvalue weighted by atomic mass is 32.2. The molecule has 0 aliphatic rings. The van der Waals surface area contributed by atoms with Crippen molar-refractivity contribution in [3.05, 3.63) is 0 Å². The molecule has 0 heterocycles. The summed E-state index contributed by atoms with van der Waals surface area (Å²) in [4.78, 5) is 13.2. The van der Waals surface area contributed by atoms with E-state index in [9.17, 15) is 4.79 Å². The Morgan fingerprint density at radius 2 is 2.14 bits per heavy atom. The van der Waals surface area contributed by atoms with E-state index in [4.69, 9.17) is 5.11 Å².